The minimum atomic E-state index is -0.779. The Labute approximate surface area is 188 Å². The number of carbonyl (C=O) groups excluding carboxylic acids is 1. The van der Waals surface area contributed by atoms with E-state index >= 15 is 0 Å². The predicted octanol–water partition coefficient (Wildman–Crippen LogP) is 3.33. The van der Waals surface area contributed by atoms with Crippen molar-refractivity contribution in [3.63, 3.8) is 0 Å². The number of nitrogens with one attached hydrogen (secondary N) is 2. The first-order valence-corrected chi connectivity index (χ1v) is 10.9. The molecule has 0 bridgehead atoms. The van der Waals surface area contributed by atoms with Gasteiger partial charge in [-0.25, -0.2) is 14.4 Å². The summed E-state index contributed by atoms with van der Waals surface area (Å²) in [7, 11) is 1.84. The molecule has 4 aromatic rings. The summed E-state index contributed by atoms with van der Waals surface area (Å²) < 4.78 is 15.2. The lowest BCUT2D eigenvalue weighted by Gasteiger charge is -2.21. The second-order valence-electron chi connectivity index (χ2n) is 8.31. The Morgan fingerprint density at radius 1 is 1.44 bits per heavy atom. The van der Waals surface area contributed by atoms with Crippen molar-refractivity contribution in [1.29, 1.82) is 0 Å². The maximum Gasteiger partial charge on any atom is 0.255 e. The Kier molecular flexibility index (Phi) is 5.30. The van der Waals surface area contributed by atoms with Gasteiger partial charge in [-0.2, -0.15) is 5.10 Å². The van der Waals surface area contributed by atoms with Crippen LogP contribution in [-0.4, -0.2) is 67.4 Å². The van der Waals surface area contributed by atoms with Crippen LogP contribution in [0.4, 0.5) is 4.39 Å². The van der Waals surface area contributed by atoms with E-state index < -0.39 is 6.17 Å². The molecule has 0 saturated carbocycles. The normalized spacial score (nSPS) is 17.9. The standard InChI is InChI=1S/C22H23ClFN7O/c1-12(10-31-6-5-14(24)11-31)27-22(32)16-8-25-21-20(16)28-17(9-26-21)19-15-4-3-13(23)7-18(15)30(2)29-19/h3-4,7-9,12,14H,5-6,10-11H2,1-2H3,(H,25,26)(H,27,32)/t12-,14+/m1/s1. The van der Waals surface area contributed by atoms with Gasteiger partial charge in [-0.15, -0.1) is 0 Å². The number of hydrogen-bond donors (Lipinski definition) is 2. The second kappa shape index (κ2) is 8.14. The van der Waals surface area contributed by atoms with Crippen LogP contribution in [0.1, 0.15) is 23.7 Å². The van der Waals surface area contributed by atoms with E-state index in [-0.39, 0.29) is 11.9 Å². The quantitative estimate of drug-likeness (QED) is 0.481. The number of carbonyl (C=O) groups is 1. The van der Waals surface area contributed by atoms with Crippen molar-refractivity contribution < 1.29 is 9.18 Å². The van der Waals surface area contributed by atoms with E-state index in [0.29, 0.717) is 59.2 Å². The summed E-state index contributed by atoms with van der Waals surface area (Å²) in [5.41, 5.74) is 3.53. The van der Waals surface area contributed by atoms with Gasteiger partial charge in [0, 0.05) is 49.3 Å². The number of halogens is 2. The van der Waals surface area contributed by atoms with Gasteiger partial charge < -0.3 is 10.3 Å². The van der Waals surface area contributed by atoms with Crippen molar-refractivity contribution in [2.24, 2.45) is 7.05 Å². The lowest BCUT2D eigenvalue weighted by Crippen LogP contribution is -2.41. The van der Waals surface area contributed by atoms with Crippen molar-refractivity contribution >= 4 is 39.6 Å². The van der Waals surface area contributed by atoms with Gasteiger partial charge in [0.05, 0.1) is 17.3 Å². The number of likely N-dealkylation sites (tertiary alicyclic amines) is 1. The lowest BCUT2D eigenvalue weighted by atomic mass is 10.1. The average Bonchev–Trinajstić information content (AvgIpc) is 3.45. The van der Waals surface area contributed by atoms with Crippen molar-refractivity contribution in [2.45, 2.75) is 25.6 Å². The van der Waals surface area contributed by atoms with E-state index in [0.717, 1.165) is 10.9 Å². The molecule has 0 aliphatic carbocycles. The van der Waals surface area contributed by atoms with Gasteiger partial charge >= 0.3 is 0 Å². The van der Waals surface area contributed by atoms with Crippen LogP contribution in [0.2, 0.25) is 5.02 Å². The third-order valence-corrected chi connectivity index (χ3v) is 6.04. The molecule has 8 nitrogen and oxygen atoms in total. The molecule has 0 radical (unpaired) electrons. The van der Waals surface area contributed by atoms with Crippen LogP contribution >= 0.6 is 11.6 Å². The largest absolute Gasteiger partial charge is 0.348 e. The van der Waals surface area contributed by atoms with Crippen LogP contribution in [0.15, 0.2) is 30.6 Å². The molecule has 1 aromatic carbocycles. The highest BCUT2D eigenvalue weighted by atomic mass is 35.5. The number of alkyl halides is 1. The van der Waals surface area contributed by atoms with Crippen molar-refractivity contribution in [1.82, 2.24) is 34.9 Å². The molecule has 2 N–H and O–H groups in total. The molecule has 0 spiro atoms. The average molecular weight is 456 g/mol. The third-order valence-electron chi connectivity index (χ3n) is 5.81. The Morgan fingerprint density at radius 3 is 3.06 bits per heavy atom. The SMILES string of the molecule is C[C@H](CN1CC[C@H](F)C1)NC(=O)c1c[nH]c2ncc(-c3nn(C)c4cc(Cl)ccc34)nc12. The van der Waals surface area contributed by atoms with Crippen molar-refractivity contribution in [3.8, 4) is 11.4 Å². The second-order valence-corrected chi connectivity index (χ2v) is 8.74. The molecule has 10 heteroatoms. The van der Waals surface area contributed by atoms with Gasteiger partial charge in [0.1, 0.15) is 23.1 Å². The van der Waals surface area contributed by atoms with Gasteiger partial charge in [-0.1, -0.05) is 11.6 Å². The fourth-order valence-corrected chi connectivity index (χ4v) is 4.45. The molecular weight excluding hydrogens is 433 g/mol. The Hall–Kier alpha value is -3.04. The number of aryl methyl sites for hydroxylation is 1. The molecule has 1 aliphatic heterocycles. The molecule has 3 aromatic heterocycles. The summed E-state index contributed by atoms with van der Waals surface area (Å²) >= 11 is 6.13. The fraction of sp³-hybridized carbons (Fsp3) is 0.364. The first-order valence-electron chi connectivity index (χ1n) is 10.5. The number of amides is 1. The molecule has 0 unspecified atom stereocenters. The first-order chi connectivity index (χ1) is 15.4. The van der Waals surface area contributed by atoms with Gasteiger partial charge in [0.15, 0.2) is 5.65 Å². The highest BCUT2D eigenvalue weighted by Gasteiger charge is 2.24. The number of hydrogen-bond acceptors (Lipinski definition) is 5. The summed E-state index contributed by atoms with van der Waals surface area (Å²) in [6, 6.07) is 5.43. The van der Waals surface area contributed by atoms with Crippen LogP contribution in [-0.2, 0) is 7.05 Å². The molecule has 4 heterocycles. The summed E-state index contributed by atoms with van der Waals surface area (Å²) in [5, 5.41) is 9.11. The number of nitrogens with zero attached hydrogens (tertiary/aromatic N) is 5. The predicted molar refractivity (Wildman–Crippen MR) is 121 cm³/mol. The molecule has 1 fully saturated rings. The Balaban J connectivity index is 1.42. The maximum absolute atomic E-state index is 13.4. The van der Waals surface area contributed by atoms with Crippen LogP contribution in [0.5, 0.6) is 0 Å². The zero-order valence-corrected chi connectivity index (χ0v) is 18.5. The maximum atomic E-state index is 13.4. The van der Waals surface area contributed by atoms with Crippen LogP contribution in [0.25, 0.3) is 33.5 Å². The van der Waals surface area contributed by atoms with Gasteiger partial charge in [-0.05, 0) is 31.5 Å². The molecule has 166 valence electrons. The van der Waals surface area contributed by atoms with E-state index in [1.54, 1.807) is 17.1 Å². The summed E-state index contributed by atoms with van der Waals surface area (Å²) in [6.45, 7) is 3.66. The van der Waals surface area contributed by atoms with Crippen LogP contribution in [0, 0.1) is 0 Å². The smallest absolute Gasteiger partial charge is 0.255 e. The van der Waals surface area contributed by atoms with E-state index in [9.17, 15) is 9.18 Å². The topological polar surface area (TPSA) is 91.7 Å². The number of rotatable bonds is 5. The van der Waals surface area contributed by atoms with Crippen LogP contribution < -0.4 is 5.32 Å². The molecule has 2 atom stereocenters. The first kappa shape index (κ1) is 20.8. The summed E-state index contributed by atoms with van der Waals surface area (Å²) in [6.07, 6.45) is 3.02. The third kappa shape index (κ3) is 3.82. The summed E-state index contributed by atoms with van der Waals surface area (Å²) in [4.78, 5) is 27.1. The van der Waals surface area contributed by atoms with Crippen LogP contribution in [0.3, 0.4) is 0 Å². The van der Waals surface area contributed by atoms with Gasteiger partial charge in [0.2, 0.25) is 0 Å². The monoisotopic (exact) mass is 455 g/mol. The zero-order chi connectivity index (χ0) is 22.4. The molecule has 1 aliphatic rings. The van der Waals surface area contributed by atoms with E-state index in [4.69, 9.17) is 16.6 Å². The van der Waals surface area contributed by atoms with Gasteiger partial charge in [0.25, 0.3) is 5.91 Å². The molecule has 1 saturated heterocycles. The molecule has 5 rings (SSSR count). The molecular formula is C22H23ClFN7O. The number of benzene rings is 1. The lowest BCUT2D eigenvalue weighted by molar-refractivity contribution is 0.0933. The zero-order valence-electron chi connectivity index (χ0n) is 17.8. The fourth-order valence-electron chi connectivity index (χ4n) is 4.28. The van der Waals surface area contributed by atoms with E-state index in [2.05, 4.69) is 20.4 Å². The minimum absolute atomic E-state index is 0.127. The molecule has 32 heavy (non-hydrogen) atoms. The highest BCUT2D eigenvalue weighted by molar-refractivity contribution is 6.31. The number of aromatic nitrogens is 5. The van der Waals surface area contributed by atoms with E-state index in [1.165, 1.54) is 0 Å². The number of aromatic amines is 1. The molecule has 1 amide bonds. The summed E-state index contributed by atoms with van der Waals surface area (Å²) in [5.74, 6) is -0.246. The minimum Gasteiger partial charge on any atom is -0.348 e. The Bertz CT molecular complexity index is 1320. The highest BCUT2D eigenvalue weighted by Crippen LogP contribution is 2.29. The van der Waals surface area contributed by atoms with Crippen molar-refractivity contribution in [3.05, 3.63) is 41.2 Å². The van der Waals surface area contributed by atoms with Gasteiger partial charge in [-0.3, -0.25) is 14.4 Å². The van der Waals surface area contributed by atoms with Crippen molar-refractivity contribution in [2.75, 3.05) is 19.6 Å². The number of H-pyrrole nitrogens is 1. The van der Waals surface area contributed by atoms with E-state index in [1.807, 2.05) is 37.1 Å². The Morgan fingerprint density at radius 2 is 2.28 bits per heavy atom. The number of fused-ring (bicyclic) bond motifs is 2.